The van der Waals surface area contributed by atoms with Crippen LogP contribution in [0.25, 0.3) is 0 Å². The van der Waals surface area contributed by atoms with Crippen molar-refractivity contribution in [2.75, 3.05) is 7.11 Å². The van der Waals surface area contributed by atoms with Gasteiger partial charge in [-0.05, 0) is 30.3 Å². The zero-order valence-electron chi connectivity index (χ0n) is 12.0. The number of nitrogens with zero attached hydrogens (tertiary/aromatic N) is 1. The lowest BCUT2D eigenvalue weighted by Gasteiger charge is -2.08. The third-order valence-corrected chi connectivity index (χ3v) is 3.58. The minimum atomic E-state index is -0.635. The zero-order chi connectivity index (χ0) is 17.0. The summed E-state index contributed by atoms with van der Waals surface area (Å²) in [7, 11) is 1.30. The molecule has 0 aliphatic rings. The zero-order valence-corrected chi connectivity index (χ0v) is 13.6. The summed E-state index contributed by atoms with van der Waals surface area (Å²) in [5, 5.41) is 13.5. The number of rotatable bonds is 5. The van der Waals surface area contributed by atoms with Crippen LogP contribution in [0.4, 0.5) is 10.1 Å². The Balaban J connectivity index is 2.16. The monoisotopic (exact) mass is 382 g/mol. The molecule has 0 radical (unpaired) electrons. The second-order valence-electron chi connectivity index (χ2n) is 4.56. The summed E-state index contributed by atoms with van der Waals surface area (Å²) in [4.78, 5) is 22.4. The van der Waals surface area contributed by atoms with Crippen LogP contribution in [-0.2, 0) is 6.54 Å². The van der Waals surface area contributed by atoms with Gasteiger partial charge in [-0.15, -0.1) is 0 Å². The van der Waals surface area contributed by atoms with Gasteiger partial charge in [-0.1, -0.05) is 15.9 Å². The van der Waals surface area contributed by atoms with Gasteiger partial charge in [0.1, 0.15) is 5.82 Å². The molecule has 0 saturated heterocycles. The van der Waals surface area contributed by atoms with Gasteiger partial charge >= 0.3 is 5.69 Å². The van der Waals surface area contributed by atoms with Crippen molar-refractivity contribution in [2.24, 2.45) is 0 Å². The summed E-state index contributed by atoms with van der Waals surface area (Å²) >= 11 is 3.22. The second-order valence-corrected chi connectivity index (χ2v) is 5.48. The van der Waals surface area contributed by atoms with E-state index in [0.717, 1.165) is 6.07 Å². The van der Waals surface area contributed by atoms with Crippen LogP contribution >= 0.6 is 15.9 Å². The molecule has 2 rings (SSSR count). The molecule has 6 nitrogen and oxygen atoms in total. The fraction of sp³-hybridized carbons (Fsp3) is 0.133. The molecule has 0 spiro atoms. The molecule has 2 aromatic rings. The number of nitro benzene ring substituents is 1. The van der Waals surface area contributed by atoms with Crippen LogP contribution in [0.5, 0.6) is 5.75 Å². The van der Waals surface area contributed by atoms with Gasteiger partial charge in [0.15, 0.2) is 5.75 Å². The van der Waals surface area contributed by atoms with Crippen LogP contribution in [0.1, 0.15) is 15.9 Å². The van der Waals surface area contributed by atoms with Crippen molar-refractivity contribution < 1.29 is 18.8 Å². The summed E-state index contributed by atoms with van der Waals surface area (Å²) < 4.78 is 19.2. The first-order chi connectivity index (χ1) is 10.9. The molecule has 0 aliphatic carbocycles. The summed E-state index contributed by atoms with van der Waals surface area (Å²) in [6.45, 7) is -0.0378. The second kappa shape index (κ2) is 7.19. The van der Waals surface area contributed by atoms with Crippen LogP contribution in [0.15, 0.2) is 40.9 Å². The molecule has 23 heavy (non-hydrogen) atoms. The standard InChI is InChI=1S/C15H12BrFN2O4/c1-23-14-5-2-9(7-13(14)19(21)22)15(20)18-8-10-6-11(16)3-4-12(10)17/h2-7H,8H2,1H3,(H,18,20). The van der Waals surface area contributed by atoms with Crippen LogP contribution in [0.2, 0.25) is 0 Å². The Morgan fingerprint density at radius 3 is 2.74 bits per heavy atom. The van der Waals surface area contributed by atoms with E-state index in [2.05, 4.69) is 21.2 Å². The summed E-state index contributed by atoms with van der Waals surface area (Å²) in [5.74, 6) is -0.936. The Kier molecular flexibility index (Phi) is 5.28. The molecule has 0 atom stereocenters. The molecular formula is C15H12BrFN2O4. The van der Waals surface area contributed by atoms with Crippen molar-refractivity contribution in [3.8, 4) is 5.75 Å². The number of nitrogens with one attached hydrogen (secondary N) is 1. The van der Waals surface area contributed by atoms with Crippen molar-refractivity contribution in [1.82, 2.24) is 5.32 Å². The molecule has 0 bridgehead atoms. The van der Waals surface area contributed by atoms with E-state index in [0.29, 0.717) is 10.0 Å². The maximum atomic E-state index is 13.6. The Hall–Kier alpha value is -2.48. The van der Waals surface area contributed by atoms with Crippen molar-refractivity contribution in [3.05, 3.63) is 67.9 Å². The molecule has 0 saturated carbocycles. The molecule has 120 valence electrons. The first-order valence-electron chi connectivity index (χ1n) is 6.47. The number of ether oxygens (including phenoxy) is 1. The highest BCUT2D eigenvalue weighted by Gasteiger charge is 2.18. The highest BCUT2D eigenvalue weighted by molar-refractivity contribution is 9.10. The first-order valence-corrected chi connectivity index (χ1v) is 7.26. The van der Waals surface area contributed by atoms with E-state index in [4.69, 9.17) is 4.74 Å². The number of hydrogen-bond donors (Lipinski definition) is 1. The van der Waals surface area contributed by atoms with Gasteiger partial charge in [-0.25, -0.2) is 4.39 Å². The number of carbonyl (C=O) groups excluding carboxylic acids is 1. The highest BCUT2D eigenvalue weighted by Crippen LogP contribution is 2.27. The Morgan fingerprint density at radius 2 is 2.09 bits per heavy atom. The number of halogens is 2. The number of nitro groups is 1. The fourth-order valence-electron chi connectivity index (χ4n) is 1.93. The van der Waals surface area contributed by atoms with Crippen LogP contribution in [0.3, 0.4) is 0 Å². The normalized spacial score (nSPS) is 10.2. The highest BCUT2D eigenvalue weighted by atomic mass is 79.9. The maximum Gasteiger partial charge on any atom is 0.311 e. The van der Waals surface area contributed by atoms with Gasteiger partial charge in [0.25, 0.3) is 5.91 Å². The average molecular weight is 383 g/mol. The summed E-state index contributed by atoms with van der Waals surface area (Å²) in [6.07, 6.45) is 0. The third-order valence-electron chi connectivity index (χ3n) is 3.08. The molecule has 0 heterocycles. The van der Waals surface area contributed by atoms with E-state index >= 15 is 0 Å². The number of methoxy groups -OCH3 is 1. The minimum absolute atomic E-state index is 0.0378. The third kappa shape index (κ3) is 4.04. The first kappa shape index (κ1) is 16.9. The fourth-order valence-corrected chi connectivity index (χ4v) is 2.34. The van der Waals surface area contributed by atoms with E-state index in [1.165, 1.54) is 25.3 Å². The van der Waals surface area contributed by atoms with Gasteiger partial charge in [0.2, 0.25) is 0 Å². The number of hydrogen-bond acceptors (Lipinski definition) is 4. The van der Waals surface area contributed by atoms with Crippen molar-refractivity contribution in [1.29, 1.82) is 0 Å². The van der Waals surface area contributed by atoms with Gasteiger partial charge in [0, 0.05) is 28.2 Å². The van der Waals surface area contributed by atoms with Crippen LogP contribution < -0.4 is 10.1 Å². The van der Waals surface area contributed by atoms with Crippen LogP contribution in [-0.4, -0.2) is 17.9 Å². The molecule has 2 aromatic carbocycles. The molecule has 8 heteroatoms. The lowest BCUT2D eigenvalue weighted by atomic mass is 10.1. The maximum absolute atomic E-state index is 13.6. The van der Waals surface area contributed by atoms with Gasteiger partial charge in [-0.3, -0.25) is 14.9 Å². The van der Waals surface area contributed by atoms with Crippen molar-refractivity contribution >= 4 is 27.5 Å². The molecular weight excluding hydrogens is 371 g/mol. The van der Waals surface area contributed by atoms with Crippen LogP contribution in [0, 0.1) is 15.9 Å². The van der Waals surface area contributed by atoms with E-state index in [1.807, 2.05) is 0 Å². The van der Waals surface area contributed by atoms with Gasteiger partial charge < -0.3 is 10.1 Å². The molecule has 1 N–H and O–H groups in total. The predicted octanol–water partition coefficient (Wildman–Crippen LogP) is 3.44. The van der Waals surface area contributed by atoms with E-state index < -0.39 is 16.6 Å². The Bertz CT molecular complexity index is 767. The smallest absolute Gasteiger partial charge is 0.311 e. The van der Waals surface area contributed by atoms with E-state index in [9.17, 15) is 19.3 Å². The van der Waals surface area contributed by atoms with Gasteiger partial charge in [-0.2, -0.15) is 0 Å². The quantitative estimate of drug-likeness (QED) is 0.634. The Labute approximate surface area is 139 Å². The largest absolute Gasteiger partial charge is 0.490 e. The topological polar surface area (TPSA) is 81.5 Å². The number of amides is 1. The Morgan fingerprint density at radius 1 is 1.35 bits per heavy atom. The molecule has 0 unspecified atom stereocenters. The van der Waals surface area contributed by atoms with Crippen molar-refractivity contribution in [3.63, 3.8) is 0 Å². The summed E-state index contributed by atoms with van der Waals surface area (Å²) in [5.41, 5.74) is 0.0810. The number of benzene rings is 2. The summed E-state index contributed by atoms with van der Waals surface area (Å²) in [6, 6.07) is 8.24. The van der Waals surface area contributed by atoms with E-state index in [1.54, 1.807) is 12.1 Å². The average Bonchev–Trinajstić information content (AvgIpc) is 2.54. The number of carbonyl (C=O) groups is 1. The van der Waals surface area contributed by atoms with E-state index in [-0.39, 0.29) is 23.5 Å². The minimum Gasteiger partial charge on any atom is -0.490 e. The molecule has 0 aliphatic heterocycles. The lowest BCUT2D eigenvalue weighted by molar-refractivity contribution is -0.385. The lowest BCUT2D eigenvalue weighted by Crippen LogP contribution is -2.23. The predicted molar refractivity (Wildman–Crippen MR) is 84.9 cm³/mol. The van der Waals surface area contributed by atoms with Crippen molar-refractivity contribution in [2.45, 2.75) is 6.54 Å². The molecule has 0 aromatic heterocycles. The molecule has 0 fully saturated rings. The van der Waals surface area contributed by atoms with Gasteiger partial charge in [0.05, 0.1) is 12.0 Å². The molecule has 1 amide bonds. The SMILES string of the molecule is COc1ccc(C(=O)NCc2cc(Br)ccc2F)cc1[N+](=O)[O-].